The van der Waals surface area contributed by atoms with Gasteiger partial charge in [-0.25, -0.2) is 8.42 Å². The molecule has 1 heterocycles. The third-order valence-electron chi connectivity index (χ3n) is 4.09. The van der Waals surface area contributed by atoms with E-state index in [0.29, 0.717) is 16.9 Å². The summed E-state index contributed by atoms with van der Waals surface area (Å²) in [5.41, 5.74) is 1.88. The fourth-order valence-corrected chi connectivity index (χ4v) is 3.85. The van der Waals surface area contributed by atoms with Crippen LogP contribution in [0, 0.1) is 0 Å². The molecule has 140 valence electrons. The third-order valence-corrected chi connectivity index (χ3v) is 5.47. The maximum absolute atomic E-state index is 13.1. The average Bonchev–Trinajstić information content (AvgIpc) is 3.09. The van der Waals surface area contributed by atoms with Crippen molar-refractivity contribution < 1.29 is 13.2 Å². The lowest BCUT2D eigenvalue weighted by Gasteiger charge is -2.09. The molecular weight excluding hydrogens is 362 g/mol. The summed E-state index contributed by atoms with van der Waals surface area (Å²) >= 11 is 0. The highest BCUT2D eigenvalue weighted by atomic mass is 32.2. The van der Waals surface area contributed by atoms with Crippen LogP contribution in [0.3, 0.4) is 0 Å². The summed E-state index contributed by atoms with van der Waals surface area (Å²) in [5.74, 6) is -0.131. The second kappa shape index (κ2) is 7.36. The van der Waals surface area contributed by atoms with Crippen LogP contribution in [0.15, 0.2) is 65.7 Å². The maximum atomic E-state index is 13.1. The molecule has 0 amide bonds. The Labute approximate surface area is 158 Å². The molecule has 1 N–H and O–H groups in total. The molecule has 0 radical (unpaired) electrons. The van der Waals surface area contributed by atoms with Gasteiger partial charge in [0.15, 0.2) is 5.78 Å². The number of Topliss-reactive ketones (excluding diaryl/α,β-unsaturated/α-hetero) is 1. The van der Waals surface area contributed by atoms with Gasteiger partial charge in [0.25, 0.3) is 10.0 Å². The molecule has 0 aliphatic carbocycles. The largest absolute Gasteiger partial charge is 0.295 e. The summed E-state index contributed by atoms with van der Waals surface area (Å²) in [4.78, 5) is 11.7. The number of anilines is 1. The minimum absolute atomic E-state index is 0.0115. The number of ketones is 1. The smallest absolute Gasteiger partial charge is 0.265 e. The van der Waals surface area contributed by atoms with Gasteiger partial charge < -0.3 is 0 Å². The van der Waals surface area contributed by atoms with Gasteiger partial charge in [-0.05, 0) is 32.9 Å². The molecule has 27 heavy (non-hydrogen) atoms. The van der Waals surface area contributed by atoms with Crippen LogP contribution < -0.4 is 4.72 Å². The van der Waals surface area contributed by atoms with E-state index in [9.17, 15) is 13.2 Å². The Morgan fingerprint density at radius 2 is 1.78 bits per heavy atom. The van der Waals surface area contributed by atoms with E-state index < -0.39 is 10.0 Å². The van der Waals surface area contributed by atoms with Gasteiger partial charge in [-0.2, -0.15) is 5.10 Å². The Morgan fingerprint density at radius 3 is 2.41 bits per heavy atom. The first-order valence-electron chi connectivity index (χ1n) is 8.56. The molecule has 0 spiro atoms. The van der Waals surface area contributed by atoms with Gasteiger partial charge in [0.2, 0.25) is 0 Å². The van der Waals surface area contributed by atoms with E-state index in [1.807, 2.05) is 44.2 Å². The number of nitrogens with one attached hydrogen (secondary N) is 1. The molecule has 6 nitrogen and oxygen atoms in total. The highest BCUT2D eigenvalue weighted by molar-refractivity contribution is 7.92. The molecule has 0 saturated heterocycles. The van der Waals surface area contributed by atoms with Crippen molar-refractivity contribution >= 4 is 21.5 Å². The van der Waals surface area contributed by atoms with Gasteiger partial charge in [-0.1, -0.05) is 42.5 Å². The number of rotatable bonds is 6. The molecule has 0 bridgehead atoms. The van der Waals surface area contributed by atoms with Crippen LogP contribution in [0.2, 0.25) is 0 Å². The Hall–Kier alpha value is -2.93. The fraction of sp³-hybridized carbons (Fsp3) is 0.200. The number of aromatic nitrogens is 2. The highest BCUT2D eigenvalue weighted by Gasteiger charge is 2.24. The molecular formula is C20H21N3O3S. The summed E-state index contributed by atoms with van der Waals surface area (Å²) in [6, 6.07) is 15.6. The molecule has 0 aliphatic rings. The van der Waals surface area contributed by atoms with Gasteiger partial charge in [-0.3, -0.25) is 14.2 Å². The topological polar surface area (TPSA) is 81.1 Å². The SMILES string of the molecule is CC(=O)c1cccc(NS(=O)(=O)c2cn(C(C)C)nc2-c2ccccc2)c1. The molecule has 2 aromatic carbocycles. The first kappa shape index (κ1) is 18.8. The van der Waals surface area contributed by atoms with Crippen LogP contribution in [0.1, 0.15) is 37.2 Å². The standard InChI is InChI=1S/C20H21N3O3S/c1-14(2)23-13-19(20(21-23)16-8-5-4-6-9-16)27(25,26)22-18-11-7-10-17(12-18)15(3)24/h4-14,22H,1-3H3. The van der Waals surface area contributed by atoms with E-state index in [1.165, 1.54) is 19.2 Å². The summed E-state index contributed by atoms with van der Waals surface area (Å²) in [7, 11) is -3.89. The van der Waals surface area contributed by atoms with Gasteiger partial charge in [-0.15, -0.1) is 0 Å². The van der Waals surface area contributed by atoms with Crippen molar-refractivity contribution in [2.45, 2.75) is 31.7 Å². The zero-order valence-corrected chi connectivity index (χ0v) is 16.2. The molecule has 0 unspecified atom stereocenters. The van der Waals surface area contributed by atoms with Gasteiger partial charge in [0.1, 0.15) is 10.6 Å². The number of benzene rings is 2. The quantitative estimate of drug-likeness (QED) is 0.649. The molecule has 0 aliphatic heterocycles. The molecule has 0 fully saturated rings. The van der Waals surface area contributed by atoms with Crippen molar-refractivity contribution in [3.63, 3.8) is 0 Å². The number of hydrogen-bond donors (Lipinski definition) is 1. The van der Waals surface area contributed by atoms with Crippen LogP contribution in [0.25, 0.3) is 11.3 Å². The number of hydrogen-bond acceptors (Lipinski definition) is 4. The maximum Gasteiger partial charge on any atom is 0.265 e. The van der Waals surface area contributed by atoms with Crippen molar-refractivity contribution in [1.29, 1.82) is 0 Å². The zero-order chi connectivity index (χ0) is 19.6. The minimum Gasteiger partial charge on any atom is -0.295 e. The van der Waals surface area contributed by atoms with E-state index in [4.69, 9.17) is 0 Å². The Bertz CT molecular complexity index is 1070. The molecule has 0 saturated carbocycles. The molecule has 0 atom stereocenters. The first-order valence-corrected chi connectivity index (χ1v) is 10.0. The Morgan fingerprint density at radius 1 is 1.07 bits per heavy atom. The molecule has 3 rings (SSSR count). The summed E-state index contributed by atoms with van der Waals surface area (Å²) in [6.45, 7) is 5.30. The number of carbonyl (C=O) groups excluding carboxylic acids is 1. The fourth-order valence-electron chi connectivity index (χ4n) is 2.64. The van der Waals surface area contributed by atoms with E-state index in [2.05, 4.69) is 9.82 Å². The summed E-state index contributed by atoms with van der Waals surface area (Å²) < 4.78 is 30.3. The van der Waals surface area contributed by atoms with E-state index in [0.717, 1.165) is 5.56 Å². The highest BCUT2D eigenvalue weighted by Crippen LogP contribution is 2.28. The average molecular weight is 383 g/mol. The second-order valence-corrected chi connectivity index (χ2v) is 8.18. The van der Waals surface area contributed by atoms with Crippen molar-refractivity contribution in [2.24, 2.45) is 0 Å². The zero-order valence-electron chi connectivity index (χ0n) is 15.4. The lowest BCUT2D eigenvalue weighted by molar-refractivity contribution is 0.101. The third kappa shape index (κ3) is 4.09. The molecule has 7 heteroatoms. The number of carbonyl (C=O) groups is 1. The predicted molar refractivity (Wildman–Crippen MR) is 105 cm³/mol. The summed E-state index contributed by atoms with van der Waals surface area (Å²) in [6.07, 6.45) is 1.53. The van der Waals surface area contributed by atoms with Crippen molar-refractivity contribution in [3.05, 3.63) is 66.4 Å². The number of sulfonamides is 1. The van der Waals surface area contributed by atoms with Crippen molar-refractivity contribution in [3.8, 4) is 11.3 Å². The second-order valence-electron chi connectivity index (χ2n) is 6.52. The van der Waals surface area contributed by atoms with Gasteiger partial charge >= 0.3 is 0 Å². The number of nitrogens with zero attached hydrogens (tertiary/aromatic N) is 2. The lowest BCUT2D eigenvalue weighted by Crippen LogP contribution is -2.13. The van der Waals surface area contributed by atoms with Crippen LogP contribution in [0.5, 0.6) is 0 Å². The summed E-state index contributed by atoms with van der Waals surface area (Å²) in [5, 5.41) is 4.48. The lowest BCUT2D eigenvalue weighted by atomic mass is 10.1. The van der Waals surface area contributed by atoms with E-state index >= 15 is 0 Å². The molecule has 3 aromatic rings. The first-order chi connectivity index (χ1) is 12.8. The van der Waals surface area contributed by atoms with Crippen LogP contribution in [0.4, 0.5) is 5.69 Å². The minimum atomic E-state index is -3.89. The van der Waals surface area contributed by atoms with Crippen LogP contribution >= 0.6 is 0 Å². The van der Waals surface area contributed by atoms with Gasteiger partial charge in [0.05, 0.1) is 0 Å². The van der Waals surface area contributed by atoms with Crippen LogP contribution in [-0.4, -0.2) is 24.0 Å². The van der Waals surface area contributed by atoms with Crippen molar-refractivity contribution in [1.82, 2.24) is 9.78 Å². The van der Waals surface area contributed by atoms with Crippen LogP contribution in [-0.2, 0) is 10.0 Å². The van der Waals surface area contributed by atoms with E-state index in [-0.39, 0.29) is 16.7 Å². The Kier molecular flexibility index (Phi) is 5.14. The Balaban J connectivity index is 2.06. The monoisotopic (exact) mass is 383 g/mol. The van der Waals surface area contributed by atoms with Gasteiger partial charge in [0, 0.05) is 29.1 Å². The van der Waals surface area contributed by atoms with E-state index in [1.54, 1.807) is 22.9 Å². The predicted octanol–water partition coefficient (Wildman–Crippen LogP) is 4.13. The van der Waals surface area contributed by atoms with Crippen molar-refractivity contribution in [2.75, 3.05) is 4.72 Å². The molecule has 1 aromatic heterocycles. The normalized spacial score (nSPS) is 11.6.